The van der Waals surface area contributed by atoms with Gasteiger partial charge in [0.1, 0.15) is 0 Å². The van der Waals surface area contributed by atoms with E-state index >= 15 is 0 Å². The van der Waals surface area contributed by atoms with Gasteiger partial charge in [-0.25, -0.2) is 0 Å². The van der Waals surface area contributed by atoms with E-state index in [4.69, 9.17) is 0 Å². The molecule has 0 aromatic heterocycles. The molecule has 0 bridgehead atoms. The molecule has 0 N–H and O–H groups in total. The van der Waals surface area contributed by atoms with Gasteiger partial charge in [0.05, 0.1) is 10.3 Å². The minimum absolute atomic E-state index is 0.145. The molecule has 0 fully saturated rings. The van der Waals surface area contributed by atoms with Crippen LogP contribution in [-0.2, 0) is 0 Å². The van der Waals surface area contributed by atoms with Crippen LogP contribution in [0.3, 0.4) is 0 Å². The van der Waals surface area contributed by atoms with Crippen LogP contribution in [0.25, 0.3) is 10.8 Å². The van der Waals surface area contributed by atoms with Crippen molar-refractivity contribution in [3.05, 3.63) is 52.6 Å². The van der Waals surface area contributed by atoms with Gasteiger partial charge < -0.3 is 0 Å². The Bertz CT molecular complexity index is 460. The van der Waals surface area contributed by atoms with E-state index in [-0.39, 0.29) is 10.6 Å². The largest absolute Gasteiger partial charge is 0.277 e. The van der Waals surface area contributed by atoms with Gasteiger partial charge in [0, 0.05) is 6.07 Å². The van der Waals surface area contributed by atoms with E-state index in [1.165, 1.54) is 6.07 Å². The highest BCUT2D eigenvalue weighted by atomic mass is 16.6. The summed E-state index contributed by atoms with van der Waals surface area (Å²) >= 11 is 0. The van der Waals surface area contributed by atoms with Gasteiger partial charge >= 0.3 is 0 Å². The summed E-state index contributed by atoms with van der Waals surface area (Å²) in [5, 5.41) is 12.1. The van der Waals surface area contributed by atoms with Gasteiger partial charge in [-0.2, -0.15) is 0 Å². The second-order valence-electron chi connectivity index (χ2n) is 2.68. The number of hydrogen-bond acceptors (Lipinski definition) is 2. The third-order valence-corrected chi connectivity index (χ3v) is 1.90. The van der Waals surface area contributed by atoms with E-state index in [1.54, 1.807) is 24.3 Å². The molecule has 2 rings (SSSR count). The van der Waals surface area contributed by atoms with Crippen molar-refractivity contribution in [2.45, 2.75) is 0 Å². The first kappa shape index (κ1) is 7.73. The van der Waals surface area contributed by atoms with Crippen molar-refractivity contribution >= 4 is 16.5 Å². The van der Waals surface area contributed by atoms with Gasteiger partial charge in [0.25, 0.3) is 5.69 Å². The van der Waals surface area contributed by atoms with Gasteiger partial charge in [-0.15, -0.1) is 0 Å². The molecule has 0 spiro atoms. The predicted molar refractivity (Wildman–Crippen MR) is 49.4 cm³/mol. The Kier molecular flexibility index (Phi) is 1.70. The molecule has 0 heterocycles. The number of fused-ring (bicyclic) bond motifs is 1. The van der Waals surface area contributed by atoms with E-state index in [9.17, 15) is 10.1 Å². The van der Waals surface area contributed by atoms with Gasteiger partial charge in [0.2, 0.25) is 0 Å². The fourth-order valence-electron chi connectivity index (χ4n) is 1.31. The molecule has 0 aliphatic carbocycles. The van der Waals surface area contributed by atoms with E-state index in [2.05, 4.69) is 6.07 Å². The predicted octanol–water partition coefficient (Wildman–Crippen LogP) is 2.55. The van der Waals surface area contributed by atoms with Crippen molar-refractivity contribution < 1.29 is 4.92 Å². The molecule has 0 aliphatic rings. The second-order valence-corrected chi connectivity index (χ2v) is 2.68. The smallest absolute Gasteiger partial charge is 0.258 e. The van der Waals surface area contributed by atoms with E-state index in [1.807, 2.05) is 6.07 Å². The van der Waals surface area contributed by atoms with Gasteiger partial charge in [-0.1, -0.05) is 18.2 Å². The molecule has 0 saturated carbocycles. The molecule has 0 unspecified atom stereocenters. The Morgan fingerprint density at radius 2 is 2.15 bits per heavy atom. The molecule has 2 aromatic carbocycles. The molecule has 2 aromatic rings. The minimum atomic E-state index is -0.373. The molecule has 0 saturated heterocycles. The van der Waals surface area contributed by atoms with E-state index in [0.717, 1.165) is 5.39 Å². The molecular formula is C10H6NO2. The normalized spacial score (nSPS) is 10.2. The molecule has 0 aliphatic heterocycles. The van der Waals surface area contributed by atoms with Gasteiger partial charge in [0.15, 0.2) is 0 Å². The van der Waals surface area contributed by atoms with Crippen LogP contribution in [0.2, 0.25) is 0 Å². The van der Waals surface area contributed by atoms with Gasteiger partial charge in [-0.3, -0.25) is 10.1 Å². The van der Waals surface area contributed by atoms with Crippen LogP contribution >= 0.6 is 0 Å². The van der Waals surface area contributed by atoms with Crippen molar-refractivity contribution in [1.29, 1.82) is 0 Å². The number of hydrogen-bond donors (Lipinski definition) is 0. The summed E-state index contributed by atoms with van der Waals surface area (Å²) < 4.78 is 0. The van der Waals surface area contributed by atoms with Crippen LogP contribution in [0.15, 0.2) is 36.4 Å². The summed E-state index contributed by atoms with van der Waals surface area (Å²) in [5.74, 6) is 0. The lowest BCUT2D eigenvalue weighted by Crippen LogP contribution is -1.88. The summed E-state index contributed by atoms with van der Waals surface area (Å²) in [5.41, 5.74) is 0.145. The third kappa shape index (κ3) is 1.24. The maximum absolute atomic E-state index is 10.6. The summed E-state index contributed by atoms with van der Waals surface area (Å²) in [4.78, 5) is 10.2. The maximum atomic E-state index is 10.6. The Balaban J connectivity index is 2.83. The molecular weight excluding hydrogens is 166 g/mol. The molecule has 0 atom stereocenters. The molecule has 63 valence electrons. The number of rotatable bonds is 1. The lowest BCUT2D eigenvalue weighted by Gasteiger charge is -1.96. The van der Waals surface area contributed by atoms with E-state index < -0.39 is 0 Å². The van der Waals surface area contributed by atoms with Crippen LogP contribution in [0.4, 0.5) is 5.69 Å². The van der Waals surface area contributed by atoms with Crippen molar-refractivity contribution in [3.63, 3.8) is 0 Å². The number of nitrogens with zero attached hydrogens (tertiary/aromatic N) is 1. The fourth-order valence-corrected chi connectivity index (χ4v) is 1.31. The van der Waals surface area contributed by atoms with Crippen LogP contribution in [-0.4, -0.2) is 4.92 Å². The average Bonchev–Trinajstić information content (AvgIpc) is 2.17. The first-order valence-corrected chi connectivity index (χ1v) is 3.82. The molecule has 1 radical (unpaired) electrons. The van der Waals surface area contributed by atoms with Crippen molar-refractivity contribution in [2.24, 2.45) is 0 Å². The van der Waals surface area contributed by atoms with Crippen molar-refractivity contribution in [3.8, 4) is 0 Å². The highest BCUT2D eigenvalue weighted by Crippen LogP contribution is 2.24. The zero-order valence-electron chi connectivity index (χ0n) is 6.73. The van der Waals surface area contributed by atoms with Crippen LogP contribution in [0.5, 0.6) is 0 Å². The SMILES string of the molecule is O=[N+]([O-])c1cccc2c[c]ccc12. The topological polar surface area (TPSA) is 43.1 Å². The summed E-state index contributed by atoms with van der Waals surface area (Å²) in [6.45, 7) is 0. The number of nitro groups is 1. The molecule has 0 amide bonds. The van der Waals surface area contributed by atoms with Crippen molar-refractivity contribution in [1.82, 2.24) is 0 Å². The molecule has 3 nitrogen and oxygen atoms in total. The fraction of sp³-hybridized carbons (Fsp3) is 0. The lowest BCUT2D eigenvalue weighted by molar-refractivity contribution is -0.383. The number of nitro benzene ring substituents is 1. The summed E-state index contributed by atoms with van der Waals surface area (Å²) in [6, 6.07) is 13.0. The summed E-state index contributed by atoms with van der Waals surface area (Å²) in [6.07, 6.45) is 0. The Labute approximate surface area is 74.8 Å². The number of non-ortho nitro benzene ring substituents is 1. The second kappa shape index (κ2) is 2.86. The minimum Gasteiger partial charge on any atom is -0.258 e. The first-order valence-electron chi connectivity index (χ1n) is 3.82. The summed E-state index contributed by atoms with van der Waals surface area (Å²) in [7, 11) is 0. The number of benzene rings is 2. The highest BCUT2D eigenvalue weighted by Gasteiger charge is 2.08. The van der Waals surface area contributed by atoms with Crippen LogP contribution < -0.4 is 0 Å². The standard InChI is InChI=1S/C10H6NO2/c12-11(13)10-7-3-5-8-4-1-2-6-9(8)10/h2-7H. The highest BCUT2D eigenvalue weighted by molar-refractivity contribution is 5.90. The third-order valence-electron chi connectivity index (χ3n) is 1.90. The quantitative estimate of drug-likeness (QED) is 0.490. The average molecular weight is 172 g/mol. The van der Waals surface area contributed by atoms with E-state index in [0.29, 0.717) is 5.39 Å². The van der Waals surface area contributed by atoms with Crippen LogP contribution in [0.1, 0.15) is 0 Å². The maximum Gasteiger partial charge on any atom is 0.277 e. The molecule has 3 heteroatoms. The lowest BCUT2D eigenvalue weighted by atomic mass is 10.1. The van der Waals surface area contributed by atoms with Crippen LogP contribution in [0, 0.1) is 16.2 Å². The zero-order chi connectivity index (χ0) is 9.26. The zero-order valence-corrected chi connectivity index (χ0v) is 6.73. The van der Waals surface area contributed by atoms with Crippen molar-refractivity contribution in [2.75, 3.05) is 0 Å². The Morgan fingerprint density at radius 1 is 1.31 bits per heavy atom. The molecule has 13 heavy (non-hydrogen) atoms. The monoisotopic (exact) mass is 172 g/mol. The first-order chi connectivity index (χ1) is 6.29. The van der Waals surface area contributed by atoms with Gasteiger partial charge in [-0.05, 0) is 23.6 Å². The Hall–Kier alpha value is -1.90. The Morgan fingerprint density at radius 3 is 2.92 bits per heavy atom.